The van der Waals surface area contributed by atoms with E-state index in [9.17, 15) is 13.2 Å². The van der Waals surface area contributed by atoms with Crippen LogP contribution in [-0.2, 0) is 14.8 Å². The number of sulfonamides is 1. The number of para-hydroxylation sites is 1. The van der Waals surface area contributed by atoms with Crippen molar-refractivity contribution >= 4 is 43.8 Å². The van der Waals surface area contributed by atoms with Gasteiger partial charge in [0.25, 0.3) is 15.9 Å². The zero-order chi connectivity index (χ0) is 23.0. The van der Waals surface area contributed by atoms with Crippen molar-refractivity contribution in [2.75, 3.05) is 17.5 Å². The van der Waals surface area contributed by atoms with E-state index in [4.69, 9.17) is 4.74 Å². The molecule has 0 aromatic heterocycles. The zero-order valence-electron chi connectivity index (χ0n) is 17.3. The molecule has 1 N–H and O–H groups in total. The van der Waals surface area contributed by atoms with Gasteiger partial charge in [0.15, 0.2) is 0 Å². The average molecular weight is 516 g/mol. The van der Waals surface area contributed by atoms with Gasteiger partial charge in [-0.1, -0.05) is 46.3 Å². The molecule has 0 atom stereocenters. The molecule has 9 heteroatoms. The summed E-state index contributed by atoms with van der Waals surface area (Å²) < 4.78 is 34.0. The summed E-state index contributed by atoms with van der Waals surface area (Å²) in [6, 6.07) is 21.9. The third-order valence-electron chi connectivity index (χ3n) is 4.33. The van der Waals surface area contributed by atoms with E-state index in [1.54, 1.807) is 42.5 Å². The van der Waals surface area contributed by atoms with E-state index >= 15 is 0 Å². The average Bonchev–Trinajstić information content (AvgIpc) is 2.80. The molecule has 3 aromatic carbocycles. The van der Waals surface area contributed by atoms with Gasteiger partial charge in [0, 0.05) is 4.47 Å². The third kappa shape index (κ3) is 6.18. The number of carbonyl (C=O) groups is 1. The van der Waals surface area contributed by atoms with Gasteiger partial charge >= 0.3 is 0 Å². The normalized spacial score (nSPS) is 11.3. The van der Waals surface area contributed by atoms with Gasteiger partial charge in [-0.15, -0.1) is 0 Å². The fourth-order valence-corrected chi connectivity index (χ4v) is 4.49. The van der Waals surface area contributed by atoms with Crippen molar-refractivity contribution in [1.29, 1.82) is 0 Å². The Morgan fingerprint density at radius 3 is 2.31 bits per heavy atom. The van der Waals surface area contributed by atoms with Crippen molar-refractivity contribution in [2.45, 2.75) is 11.8 Å². The van der Waals surface area contributed by atoms with Crippen molar-refractivity contribution in [3.05, 3.63) is 88.9 Å². The van der Waals surface area contributed by atoms with Gasteiger partial charge in [-0.3, -0.25) is 9.10 Å². The molecule has 0 saturated carbocycles. The highest BCUT2D eigenvalue weighted by Crippen LogP contribution is 2.25. The summed E-state index contributed by atoms with van der Waals surface area (Å²) >= 11 is 3.35. The summed E-state index contributed by atoms with van der Waals surface area (Å²) in [6.45, 7) is 1.89. The Labute approximate surface area is 195 Å². The van der Waals surface area contributed by atoms with E-state index in [0.29, 0.717) is 18.0 Å². The lowest BCUT2D eigenvalue weighted by atomic mass is 10.2. The van der Waals surface area contributed by atoms with E-state index in [2.05, 4.69) is 26.5 Å². The van der Waals surface area contributed by atoms with Crippen LogP contribution in [0.3, 0.4) is 0 Å². The largest absolute Gasteiger partial charge is 0.494 e. The van der Waals surface area contributed by atoms with E-state index in [1.165, 1.54) is 18.3 Å². The predicted molar refractivity (Wildman–Crippen MR) is 128 cm³/mol. The molecule has 0 saturated heterocycles. The number of halogens is 1. The van der Waals surface area contributed by atoms with Crippen LogP contribution < -0.4 is 14.5 Å². The smallest absolute Gasteiger partial charge is 0.264 e. The quantitative estimate of drug-likeness (QED) is 0.341. The Morgan fingerprint density at radius 2 is 1.69 bits per heavy atom. The van der Waals surface area contributed by atoms with Gasteiger partial charge in [0.2, 0.25) is 0 Å². The van der Waals surface area contributed by atoms with E-state index in [-0.39, 0.29) is 4.90 Å². The lowest BCUT2D eigenvalue weighted by molar-refractivity contribution is -0.119. The summed E-state index contributed by atoms with van der Waals surface area (Å²) in [5.41, 5.74) is 3.54. The molecule has 3 aromatic rings. The number of nitrogens with zero attached hydrogens (tertiary/aromatic N) is 2. The molecule has 0 aliphatic carbocycles. The first-order chi connectivity index (χ1) is 15.4. The Hall–Kier alpha value is -3.17. The summed E-state index contributed by atoms with van der Waals surface area (Å²) in [7, 11) is -4.00. The van der Waals surface area contributed by atoms with Crippen molar-refractivity contribution in [1.82, 2.24) is 5.43 Å². The predicted octanol–water partition coefficient (Wildman–Crippen LogP) is 4.19. The molecule has 1 amide bonds. The molecule has 0 aliphatic rings. The van der Waals surface area contributed by atoms with Crippen molar-refractivity contribution in [3.63, 3.8) is 0 Å². The molecule has 166 valence electrons. The summed E-state index contributed by atoms with van der Waals surface area (Å²) in [4.78, 5) is 12.6. The number of rotatable bonds is 9. The molecule has 0 bridgehead atoms. The van der Waals surface area contributed by atoms with Gasteiger partial charge in [0.1, 0.15) is 12.3 Å². The van der Waals surface area contributed by atoms with Crippen LogP contribution in [-0.4, -0.2) is 33.7 Å². The molecule has 0 aliphatic heterocycles. The van der Waals surface area contributed by atoms with Gasteiger partial charge in [-0.25, -0.2) is 13.8 Å². The second-order valence-corrected chi connectivity index (χ2v) is 9.37. The Morgan fingerprint density at radius 1 is 1.03 bits per heavy atom. The maximum absolute atomic E-state index is 13.3. The lowest BCUT2D eigenvalue weighted by Crippen LogP contribution is -2.39. The maximum Gasteiger partial charge on any atom is 0.264 e. The lowest BCUT2D eigenvalue weighted by Gasteiger charge is -2.23. The number of amides is 1. The van der Waals surface area contributed by atoms with Gasteiger partial charge in [0.05, 0.1) is 23.4 Å². The molecule has 3 rings (SSSR count). The third-order valence-corrected chi connectivity index (χ3v) is 6.64. The Kier molecular flexibility index (Phi) is 8.02. The van der Waals surface area contributed by atoms with Gasteiger partial charge in [-0.2, -0.15) is 5.10 Å². The van der Waals surface area contributed by atoms with E-state index in [0.717, 1.165) is 14.3 Å². The fraction of sp³-hybridized carbons (Fsp3) is 0.130. The van der Waals surface area contributed by atoms with Crippen LogP contribution in [0.2, 0.25) is 0 Å². The minimum Gasteiger partial charge on any atom is -0.494 e. The van der Waals surface area contributed by atoms with Gasteiger partial charge < -0.3 is 4.74 Å². The second kappa shape index (κ2) is 10.9. The van der Waals surface area contributed by atoms with Crippen molar-refractivity contribution in [2.24, 2.45) is 5.10 Å². The van der Waals surface area contributed by atoms with Crippen molar-refractivity contribution in [3.8, 4) is 5.75 Å². The SMILES string of the molecule is CCOc1ccc(S(=O)(=O)N(CC(=O)N/N=C\c2ccc(Br)cc2)c2ccccc2)cc1. The Bertz CT molecular complexity index is 1170. The standard InChI is InChI=1S/C23H22BrN3O4S/c1-2-31-21-12-14-22(15-13-21)32(29,30)27(20-6-4-3-5-7-20)17-23(28)26-25-16-18-8-10-19(24)11-9-18/h3-16H,2,17H2,1H3,(H,26,28)/b25-16-. The number of hydrazone groups is 1. The van der Waals surface area contributed by atoms with Crippen LogP contribution >= 0.6 is 15.9 Å². The molecule has 7 nitrogen and oxygen atoms in total. The molecule has 0 unspecified atom stereocenters. The minimum atomic E-state index is -4.00. The highest BCUT2D eigenvalue weighted by atomic mass is 79.9. The van der Waals surface area contributed by atoms with Crippen LogP contribution in [0.25, 0.3) is 0 Å². The fourth-order valence-electron chi connectivity index (χ4n) is 2.80. The summed E-state index contributed by atoms with van der Waals surface area (Å²) in [5.74, 6) is -0.00513. The maximum atomic E-state index is 13.3. The van der Waals surface area contributed by atoms with Gasteiger partial charge in [-0.05, 0) is 61.0 Å². The van der Waals surface area contributed by atoms with E-state index in [1.807, 2.05) is 31.2 Å². The number of anilines is 1. The highest BCUT2D eigenvalue weighted by molar-refractivity contribution is 9.10. The van der Waals surface area contributed by atoms with Crippen LogP contribution in [0.15, 0.2) is 93.3 Å². The molecule has 32 heavy (non-hydrogen) atoms. The van der Waals surface area contributed by atoms with Crippen LogP contribution in [0.5, 0.6) is 5.75 Å². The molecule has 0 radical (unpaired) electrons. The van der Waals surface area contributed by atoms with Crippen molar-refractivity contribution < 1.29 is 17.9 Å². The number of nitrogens with one attached hydrogen (secondary N) is 1. The number of carbonyl (C=O) groups excluding carboxylic acids is 1. The number of ether oxygens (including phenoxy) is 1. The minimum absolute atomic E-state index is 0.0518. The molecule has 0 fully saturated rings. The molecule has 0 heterocycles. The molecular formula is C23H22BrN3O4S. The Balaban J connectivity index is 1.79. The summed E-state index contributed by atoms with van der Waals surface area (Å²) in [5, 5.41) is 3.93. The monoisotopic (exact) mass is 515 g/mol. The van der Waals surface area contributed by atoms with Crippen LogP contribution in [0, 0.1) is 0 Å². The second-order valence-electron chi connectivity index (χ2n) is 6.60. The summed E-state index contributed by atoms with van der Waals surface area (Å²) in [6.07, 6.45) is 1.48. The van der Waals surface area contributed by atoms with Crippen LogP contribution in [0.4, 0.5) is 5.69 Å². The van der Waals surface area contributed by atoms with E-state index < -0.39 is 22.5 Å². The zero-order valence-corrected chi connectivity index (χ0v) is 19.7. The highest BCUT2D eigenvalue weighted by Gasteiger charge is 2.27. The van der Waals surface area contributed by atoms with Crippen LogP contribution in [0.1, 0.15) is 12.5 Å². The molecular weight excluding hydrogens is 494 g/mol. The first-order valence-electron chi connectivity index (χ1n) is 9.78. The first kappa shape index (κ1) is 23.5. The first-order valence-corrected chi connectivity index (χ1v) is 12.0. The number of benzene rings is 3. The number of hydrogen-bond donors (Lipinski definition) is 1. The topological polar surface area (TPSA) is 88.1 Å². The molecule has 0 spiro atoms. The number of hydrogen-bond acceptors (Lipinski definition) is 5.